The molecular formula is C17H17F3N2O4S. The lowest BCUT2D eigenvalue weighted by molar-refractivity contribution is -0.141. The molecule has 146 valence electrons. The van der Waals surface area contributed by atoms with Crippen molar-refractivity contribution < 1.29 is 31.1 Å². The van der Waals surface area contributed by atoms with Crippen molar-refractivity contribution in [3.05, 3.63) is 47.7 Å². The first-order valence-electron chi connectivity index (χ1n) is 7.97. The molecule has 0 atom stereocenters. The van der Waals surface area contributed by atoms with E-state index in [0.29, 0.717) is 11.3 Å². The van der Waals surface area contributed by atoms with Gasteiger partial charge in [-0.2, -0.15) is 17.5 Å². The highest BCUT2D eigenvalue weighted by Crippen LogP contribution is 2.30. The second kappa shape index (κ2) is 7.01. The molecule has 2 heterocycles. The van der Waals surface area contributed by atoms with Crippen LogP contribution in [0.2, 0.25) is 0 Å². The number of methoxy groups -OCH3 is 1. The zero-order valence-corrected chi connectivity index (χ0v) is 15.3. The van der Waals surface area contributed by atoms with Crippen LogP contribution in [0.5, 0.6) is 11.6 Å². The highest BCUT2D eigenvalue weighted by atomic mass is 32.2. The van der Waals surface area contributed by atoms with Gasteiger partial charge < -0.3 is 9.47 Å². The Morgan fingerprint density at radius 3 is 2.48 bits per heavy atom. The summed E-state index contributed by atoms with van der Waals surface area (Å²) in [6.45, 7) is 1.80. The highest BCUT2D eigenvalue weighted by Gasteiger charge is 2.39. The van der Waals surface area contributed by atoms with E-state index in [9.17, 15) is 21.6 Å². The number of hydrogen-bond donors (Lipinski definition) is 0. The van der Waals surface area contributed by atoms with Gasteiger partial charge in [0.05, 0.1) is 25.1 Å². The van der Waals surface area contributed by atoms with Crippen LogP contribution in [0.4, 0.5) is 13.2 Å². The van der Waals surface area contributed by atoms with Crippen molar-refractivity contribution in [1.29, 1.82) is 0 Å². The van der Waals surface area contributed by atoms with E-state index in [1.807, 2.05) is 0 Å². The topological polar surface area (TPSA) is 68.7 Å². The molecule has 1 saturated heterocycles. The first-order chi connectivity index (χ1) is 12.6. The normalized spacial score (nSPS) is 16.0. The minimum Gasteiger partial charge on any atom is -0.496 e. The van der Waals surface area contributed by atoms with Gasteiger partial charge in [0.2, 0.25) is 15.9 Å². The minimum atomic E-state index is -4.57. The molecule has 1 aromatic carbocycles. The summed E-state index contributed by atoms with van der Waals surface area (Å²) in [4.78, 5) is 3.53. The van der Waals surface area contributed by atoms with E-state index >= 15 is 0 Å². The number of halogens is 3. The van der Waals surface area contributed by atoms with Crippen molar-refractivity contribution in [2.45, 2.75) is 24.1 Å². The largest absolute Gasteiger partial charge is 0.496 e. The molecule has 1 aromatic heterocycles. The van der Waals surface area contributed by atoms with Gasteiger partial charge in [0.25, 0.3) is 0 Å². The number of sulfonamides is 1. The van der Waals surface area contributed by atoms with Crippen LogP contribution in [0.25, 0.3) is 0 Å². The maximum Gasteiger partial charge on any atom is 0.433 e. The van der Waals surface area contributed by atoms with Crippen LogP contribution in [0.3, 0.4) is 0 Å². The van der Waals surface area contributed by atoms with Gasteiger partial charge in [-0.3, -0.25) is 0 Å². The third-order valence-corrected chi connectivity index (χ3v) is 5.95. The van der Waals surface area contributed by atoms with Crippen molar-refractivity contribution in [3.8, 4) is 11.6 Å². The molecule has 1 fully saturated rings. The predicted molar refractivity (Wildman–Crippen MR) is 90.1 cm³/mol. The number of pyridine rings is 1. The number of nitrogens with zero attached hydrogens (tertiary/aromatic N) is 2. The average Bonchev–Trinajstić information content (AvgIpc) is 2.57. The first kappa shape index (κ1) is 19.4. The molecule has 3 rings (SSSR count). The number of alkyl halides is 3. The fourth-order valence-electron chi connectivity index (χ4n) is 2.64. The summed E-state index contributed by atoms with van der Waals surface area (Å²) in [6.07, 6.45) is -5.13. The molecule has 0 aliphatic carbocycles. The second-order valence-electron chi connectivity index (χ2n) is 6.05. The van der Waals surface area contributed by atoms with E-state index in [1.165, 1.54) is 35.7 Å². The average molecular weight is 402 g/mol. The lowest BCUT2D eigenvalue weighted by Crippen LogP contribution is -2.56. The highest BCUT2D eigenvalue weighted by molar-refractivity contribution is 7.89. The molecule has 0 unspecified atom stereocenters. The van der Waals surface area contributed by atoms with Crippen molar-refractivity contribution in [1.82, 2.24) is 9.29 Å². The zero-order valence-electron chi connectivity index (χ0n) is 14.5. The summed E-state index contributed by atoms with van der Waals surface area (Å²) in [5, 5.41) is 0. The number of benzene rings is 1. The maximum absolute atomic E-state index is 12.7. The Bertz CT molecular complexity index is 941. The summed E-state index contributed by atoms with van der Waals surface area (Å²) < 4.78 is 75.0. The quantitative estimate of drug-likeness (QED) is 0.769. The summed E-state index contributed by atoms with van der Waals surface area (Å²) in [5.74, 6) is 0.390. The van der Waals surface area contributed by atoms with Gasteiger partial charge in [-0.15, -0.1) is 0 Å². The van der Waals surface area contributed by atoms with Crippen LogP contribution in [0.1, 0.15) is 11.3 Å². The predicted octanol–water partition coefficient (Wildman–Crippen LogP) is 2.87. The minimum absolute atomic E-state index is 0.0331. The summed E-state index contributed by atoms with van der Waals surface area (Å²) in [6, 6.07) is 7.87. The molecule has 1 aliphatic rings. The monoisotopic (exact) mass is 402 g/mol. The fraction of sp³-hybridized carbons (Fsp3) is 0.353. The van der Waals surface area contributed by atoms with Crippen LogP contribution >= 0.6 is 0 Å². The molecule has 27 heavy (non-hydrogen) atoms. The molecule has 0 saturated carbocycles. The third kappa shape index (κ3) is 4.01. The molecular weight excluding hydrogens is 385 g/mol. The number of rotatable bonds is 5. The Labute approximate surface area is 154 Å². The lowest BCUT2D eigenvalue weighted by atomic mass is 10.2. The van der Waals surface area contributed by atoms with Gasteiger partial charge in [0, 0.05) is 6.07 Å². The van der Waals surface area contributed by atoms with E-state index in [2.05, 4.69) is 4.98 Å². The van der Waals surface area contributed by atoms with Crippen LogP contribution in [-0.2, 0) is 16.2 Å². The summed E-state index contributed by atoms with van der Waals surface area (Å²) in [5.41, 5.74) is -0.377. The Morgan fingerprint density at radius 1 is 1.19 bits per heavy atom. The molecule has 1 aliphatic heterocycles. The third-order valence-electron chi connectivity index (χ3n) is 4.12. The Balaban J connectivity index is 1.66. The smallest absolute Gasteiger partial charge is 0.433 e. The van der Waals surface area contributed by atoms with Crippen molar-refractivity contribution in [2.24, 2.45) is 0 Å². The zero-order chi connectivity index (χ0) is 19.8. The number of aryl methyl sites for hydroxylation is 1. The van der Waals surface area contributed by atoms with Crippen LogP contribution in [0.15, 0.2) is 41.3 Å². The van der Waals surface area contributed by atoms with Gasteiger partial charge in [-0.25, -0.2) is 13.4 Å². The molecule has 6 nitrogen and oxygen atoms in total. The SMILES string of the molecule is COc1ccc(S(=O)(=O)N2CC(Oc3cccc(C(F)(F)F)n3)C2)cc1C. The van der Waals surface area contributed by atoms with Gasteiger partial charge in [0.15, 0.2) is 0 Å². The van der Waals surface area contributed by atoms with E-state index in [0.717, 1.165) is 6.07 Å². The molecule has 10 heteroatoms. The van der Waals surface area contributed by atoms with Gasteiger partial charge in [-0.1, -0.05) is 6.07 Å². The Morgan fingerprint density at radius 2 is 1.89 bits per heavy atom. The molecule has 0 N–H and O–H groups in total. The number of aromatic nitrogens is 1. The van der Waals surface area contributed by atoms with Crippen LogP contribution in [-0.4, -0.2) is 44.0 Å². The van der Waals surface area contributed by atoms with Crippen molar-refractivity contribution >= 4 is 10.0 Å². The van der Waals surface area contributed by atoms with Gasteiger partial charge in [0.1, 0.15) is 17.5 Å². The first-order valence-corrected chi connectivity index (χ1v) is 9.41. The van der Waals surface area contributed by atoms with Crippen molar-refractivity contribution in [3.63, 3.8) is 0 Å². The Kier molecular flexibility index (Phi) is 5.04. The van der Waals surface area contributed by atoms with E-state index < -0.39 is 28.0 Å². The van der Waals surface area contributed by atoms with Gasteiger partial charge in [-0.05, 0) is 36.8 Å². The van der Waals surface area contributed by atoms with E-state index in [4.69, 9.17) is 9.47 Å². The van der Waals surface area contributed by atoms with Crippen LogP contribution in [0, 0.1) is 6.92 Å². The molecule has 2 aromatic rings. The lowest BCUT2D eigenvalue weighted by Gasteiger charge is -2.37. The van der Waals surface area contributed by atoms with E-state index in [-0.39, 0.29) is 23.9 Å². The van der Waals surface area contributed by atoms with E-state index in [1.54, 1.807) is 13.0 Å². The molecule has 0 bridgehead atoms. The molecule has 0 spiro atoms. The van der Waals surface area contributed by atoms with Crippen molar-refractivity contribution in [2.75, 3.05) is 20.2 Å². The van der Waals surface area contributed by atoms with Crippen LogP contribution < -0.4 is 9.47 Å². The number of ether oxygens (including phenoxy) is 2. The fourth-order valence-corrected chi connectivity index (χ4v) is 4.23. The summed E-state index contributed by atoms with van der Waals surface area (Å²) >= 11 is 0. The Hall–Kier alpha value is -2.33. The summed E-state index contributed by atoms with van der Waals surface area (Å²) in [7, 11) is -2.21. The second-order valence-corrected chi connectivity index (χ2v) is 7.99. The number of hydrogen-bond acceptors (Lipinski definition) is 5. The maximum atomic E-state index is 12.7. The van der Waals surface area contributed by atoms with Gasteiger partial charge >= 0.3 is 6.18 Å². The molecule has 0 amide bonds. The molecule has 0 radical (unpaired) electrons. The standard InChI is InChI=1S/C17H17F3N2O4S/c1-11-8-13(6-7-14(11)25-2)27(23,24)22-9-12(10-22)26-16-5-3-4-15(21-16)17(18,19)20/h3-8,12H,9-10H2,1-2H3.